The third-order valence-electron chi connectivity index (χ3n) is 4.40. The van der Waals surface area contributed by atoms with Crippen LogP contribution in [0.5, 0.6) is 0 Å². The fraction of sp³-hybridized carbons (Fsp3) is 0.438. The zero-order valence-electron chi connectivity index (χ0n) is 13.3. The SMILES string of the molecule is Cc1cccc(-n2cnc(B3OC(C)(C)C(C)(C)O3)c2)c1. The molecule has 1 saturated heterocycles. The van der Waals surface area contributed by atoms with E-state index >= 15 is 0 Å². The van der Waals surface area contributed by atoms with E-state index in [1.54, 1.807) is 6.33 Å². The van der Waals surface area contributed by atoms with Crippen molar-refractivity contribution >= 4 is 12.7 Å². The quantitative estimate of drug-likeness (QED) is 0.795. The van der Waals surface area contributed by atoms with Crippen LogP contribution in [0.3, 0.4) is 0 Å². The molecule has 0 bridgehead atoms. The van der Waals surface area contributed by atoms with Gasteiger partial charge in [0, 0.05) is 11.9 Å². The fourth-order valence-electron chi connectivity index (χ4n) is 2.35. The summed E-state index contributed by atoms with van der Waals surface area (Å²) in [5, 5.41) is 0. The fourth-order valence-corrected chi connectivity index (χ4v) is 2.35. The molecule has 2 heterocycles. The number of nitrogens with zero attached hydrogens (tertiary/aromatic N) is 2. The van der Waals surface area contributed by atoms with Crippen LogP contribution in [-0.4, -0.2) is 27.9 Å². The molecule has 5 heteroatoms. The van der Waals surface area contributed by atoms with Crippen molar-refractivity contribution < 1.29 is 9.31 Å². The predicted molar refractivity (Wildman–Crippen MR) is 84.0 cm³/mol. The third-order valence-corrected chi connectivity index (χ3v) is 4.40. The number of rotatable bonds is 2. The van der Waals surface area contributed by atoms with Crippen LogP contribution in [0, 0.1) is 6.92 Å². The molecular weight excluding hydrogens is 263 g/mol. The van der Waals surface area contributed by atoms with E-state index in [2.05, 4.69) is 30.1 Å². The highest BCUT2D eigenvalue weighted by molar-refractivity contribution is 6.61. The third kappa shape index (κ3) is 2.52. The van der Waals surface area contributed by atoms with Gasteiger partial charge in [0.1, 0.15) is 0 Å². The first-order valence-electron chi connectivity index (χ1n) is 7.25. The van der Waals surface area contributed by atoms with E-state index in [0.717, 1.165) is 11.3 Å². The molecule has 0 spiro atoms. The van der Waals surface area contributed by atoms with Crippen molar-refractivity contribution in [3.05, 3.63) is 42.4 Å². The Hall–Kier alpha value is -1.59. The summed E-state index contributed by atoms with van der Waals surface area (Å²) in [4.78, 5) is 4.45. The summed E-state index contributed by atoms with van der Waals surface area (Å²) in [6, 6.07) is 8.30. The van der Waals surface area contributed by atoms with E-state index in [1.807, 2.05) is 44.5 Å². The minimum atomic E-state index is -0.416. The predicted octanol–water partition coefficient (Wildman–Crippen LogP) is 2.48. The zero-order chi connectivity index (χ0) is 15.3. The lowest BCUT2D eigenvalue weighted by atomic mass is 9.86. The second-order valence-electron chi connectivity index (χ2n) is 6.63. The Morgan fingerprint density at radius 3 is 2.38 bits per heavy atom. The van der Waals surface area contributed by atoms with Crippen molar-refractivity contribution in [3.8, 4) is 5.69 Å². The normalized spacial score (nSPS) is 20.0. The first kappa shape index (κ1) is 14.4. The summed E-state index contributed by atoms with van der Waals surface area (Å²) in [5.74, 6) is 0. The molecule has 0 atom stereocenters. The second-order valence-corrected chi connectivity index (χ2v) is 6.63. The van der Waals surface area contributed by atoms with Crippen LogP contribution in [0.2, 0.25) is 0 Å². The molecule has 4 nitrogen and oxygen atoms in total. The molecule has 3 rings (SSSR count). The van der Waals surface area contributed by atoms with Gasteiger partial charge in [-0.3, -0.25) is 0 Å². The Labute approximate surface area is 126 Å². The molecule has 0 amide bonds. The molecule has 1 fully saturated rings. The highest BCUT2D eigenvalue weighted by atomic mass is 16.7. The van der Waals surface area contributed by atoms with E-state index in [0.29, 0.717) is 0 Å². The van der Waals surface area contributed by atoms with Gasteiger partial charge in [-0.25, -0.2) is 4.98 Å². The van der Waals surface area contributed by atoms with Gasteiger partial charge in [-0.1, -0.05) is 12.1 Å². The van der Waals surface area contributed by atoms with Crippen LogP contribution < -0.4 is 5.59 Å². The lowest BCUT2D eigenvalue weighted by Gasteiger charge is -2.32. The van der Waals surface area contributed by atoms with Crippen LogP contribution >= 0.6 is 0 Å². The summed E-state index contributed by atoms with van der Waals surface area (Å²) in [7, 11) is -0.416. The number of hydrogen-bond acceptors (Lipinski definition) is 3. The van der Waals surface area contributed by atoms with Gasteiger partial charge >= 0.3 is 7.12 Å². The number of hydrogen-bond donors (Lipinski definition) is 0. The van der Waals surface area contributed by atoms with Gasteiger partial charge in [0.15, 0.2) is 0 Å². The average molecular weight is 284 g/mol. The molecule has 0 saturated carbocycles. The molecule has 0 N–H and O–H groups in total. The van der Waals surface area contributed by atoms with E-state index in [1.165, 1.54) is 5.56 Å². The molecule has 0 radical (unpaired) electrons. The highest BCUT2D eigenvalue weighted by Gasteiger charge is 2.52. The van der Waals surface area contributed by atoms with Crippen LogP contribution in [0.4, 0.5) is 0 Å². The Balaban J connectivity index is 1.87. The van der Waals surface area contributed by atoms with Gasteiger partial charge in [0.2, 0.25) is 0 Å². The Kier molecular flexibility index (Phi) is 3.22. The molecule has 1 aromatic heterocycles. The van der Waals surface area contributed by atoms with E-state index in [9.17, 15) is 0 Å². The minimum Gasteiger partial charge on any atom is -0.398 e. The molecule has 0 unspecified atom stereocenters. The summed E-state index contributed by atoms with van der Waals surface area (Å²) >= 11 is 0. The Bertz CT molecular complexity index is 648. The van der Waals surface area contributed by atoms with Gasteiger partial charge in [0.05, 0.1) is 23.1 Å². The number of benzene rings is 1. The zero-order valence-corrected chi connectivity index (χ0v) is 13.3. The maximum absolute atomic E-state index is 6.02. The molecule has 1 aliphatic heterocycles. The monoisotopic (exact) mass is 284 g/mol. The molecule has 110 valence electrons. The lowest BCUT2D eigenvalue weighted by molar-refractivity contribution is 0.00578. The first-order chi connectivity index (χ1) is 9.78. The standard InChI is InChI=1S/C16H21BN2O2/c1-12-7-6-8-13(9-12)19-10-14(18-11-19)17-20-15(2,3)16(4,5)21-17/h6-11H,1-5H3. The van der Waals surface area contributed by atoms with Gasteiger partial charge in [-0.15, -0.1) is 0 Å². The molecule has 1 aliphatic rings. The Morgan fingerprint density at radius 2 is 1.76 bits per heavy atom. The van der Waals surface area contributed by atoms with Crippen molar-refractivity contribution in [1.29, 1.82) is 0 Å². The number of aromatic nitrogens is 2. The summed E-state index contributed by atoms with van der Waals surface area (Å²) in [6.07, 6.45) is 3.77. The van der Waals surface area contributed by atoms with Gasteiger partial charge in [-0.05, 0) is 52.3 Å². The minimum absolute atomic E-state index is 0.342. The molecule has 2 aromatic rings. The maximum atomic E-state index is 6.02. The molecule has 21 heavy (non-hydrogen) atoms. The number of imidazole rings is 1. The average Bonchev–Trinajstić information content (AvgIpc) is 2.93. The molecule has 0 aliphatic carbocycles. The van der Waals surface area contributed by atoms with Gasteiger partial charge in [0.25, 0.3) is 0 Å². The topological polar surface area (TPSA) is 36.3 Å². The second kappa shape index (κ2) is 4.72. The molecular formula is C16H21BN2O2. The first-order valence-corrected chi connectivity index (χ1v) is 7.25. The van der Waals surface area contributed by atoms with Gasteiger partial charge in [-0.2, -0.15) is 0 Å². The van der Waals surface area contributed by atoms with Crippen molar-refractivity contribution in [3.63, 3.8) is 0 Å². The van der Waals surface area contributed by atoms with E-state index in [-0.39, 0.29) is 11.2 Å². The van der Waals surface area contributed by atoms with Crippen molar-refractivity contribution in [2.24, 2.45) is 0 Å². The van der Waals surface area contributed by atoms with Gasteiger partial charge < -0.3 is 13.9 Å². The number of aryl methyl sites for hydroxylation is 1. The summed E-state index contributed by atoms with van der Waals surface area (Å²) in [6.45, 7) is 10.3. The van der Waals surface area contributed by atoms with Crippen LogP contribution in [0.1, 0.15) is 33.3 Å². The smallest absolute Gasteiger partial charge is 0.398 e. The van der Waals surface area contributed by atoms with Crippen LogP contribution in [0.25, 0.3) is 5.69 Å². The summed E-state index contributed by atoms with van der Waals surface area (Å²) in [5.41, 5.74) is 2.43. The van der Waals surface area contributed by atoms with Crippen molar-refractivity contribution in [2.75, 3.05) is 0 Å². The summed E-state index contributed by atoms with van der Waals surface area (Å²) < 4.78 is 14.0. The van der Waals surface area contributed by atoms with Crippen LogP contribution in [0.15, 0.2) is 36.8 Å². The largest absolute Gasteiger partial charge is 0.516 e. The maximum Gasteiger partial charge on any atom is 0.516 e. The van der Waals surface area contributed by atoms with Crippen molar-refractivity contribution in [2.45, 2.75) is 45.8 Å². The van der Waals surface area contributed by atoms with Crippen molar-refractivity contribution in [1.82, 2.24) is 9.55 Å². The molecule has 1 aromatic carbocycles. The lowest BCUT2D eigenvalue weighted by Crippen LogP contribution is -2.41. The highest BCUT2D eigenvalue weighted by Crippen LogP contribution is 2.36. The van der Waals surface area contributed by atoms with E-state index < -0.39 is 7.12 Å². The van der Waals surface area contributed by atoms with E-state index in [4.69, 9.17) is 9.31 Å². The Morgan fingerprint density at radius 1 is 1.10 bits per heavy atom. The van der Waals surface area contributed by atoms with Crippen LogP contribution in [-0.2, 0) is 9.31 Å².